The number of alkyl halides is 1. The number of nitrogens with one attached hydrogen (secondary N) is 1. The van der Waals surface area contributed by atoms with Crippen molar-refractivity contribution in [3.63, 3.8) is 0 Å². The molecule has 3 heteroatoms. The molecule has 0 fully saturated rings. The van der Waals surface area contributed by atoms with Gasteiger partial charge in [0.2, 0.25) is 0 Å². The molecule has 14 heavy (non-hydrogen) atoms. The molecule has 0 radical (unpaired) electrons. The van der Waals surface area contributed by atoms with Gasteiger partial charge in [-0.3, -0.25) is 4.98 Å². The van der Waals surface area contributed by atoms with Crippen molar-refractivity contribution in [2.24, 2.45) is 0 Å². The molecular formula is C11H17ClN2. The van der Waals surface area contributed by atoms with E-state index >= 15 is 0 Å². The molecule has 1 aromatic heterocycles. The topological polar surface area (TPSA) is 24.9 Å². The number of aromatic nitrogens is 1. The van der Waals surface area contributed by atoms with Crippen LogP contribution in [0.3, 0.4) is 0 Å². The maximum absolute atomic E-state index is 5.92. The second kappa shape index (κ2) is 4.65. The lowest BCUT2D eigenvalue weighted by Gasteiger charge is -2.28. The fourth-order valence-electron chi connectivity index (χ4n) is 1.19. The summed E-state index contributed by atoms with van der Waals surface area (Å²) in [6, 6.07) is 3.99. The van der Waals surface area contributed by atoms with E-state index in [1.54, 1.807) is 0 Å². The van der Waals surface area contributed by atoms with Crippen LogP contribution in [0, 0.1) is 6.92 Å². The van der Waals surface area contributed by atoms with E-state index in [-0.39, 0.29) is 5.54 Å². The highest BCUT2D eigenvalue weighted by Gasteiger charge is 2.19. The first-order chi connectivity index (χ1) is 6.59. The fraction of sp³-hybridized carbons (Fsp3) is 0.545. The summed E-state index contributed by atoms with van der Waals surface area (Å²) in [5.74, 6) is 0.602. The van der Waals surface area contributed by atoms with Gasteiger partial charge in [-0.05, 0) is 32.4 Å². The predicted molar refractivity (Wildman–Crippen MR) is 62.0 cm³/mol. The largest absolute Gasteiger partial charge is 0.379 e. The summed E-state index contributed by atoms with van der Waals surface area (Å²) < 4.78 is 0. The summed E-state index contributed by atoms with van der Waals surface area (Å²) >= 11 is 5.92. The van der Waals surface area contributed by atoms with E-state index in [9.17, 15) is 0 Å². The van der Waals surface area contributed by atoms with Crippen molar-refractivity contribution in [2.45, 2.75) is 32.7 Å². The molecule has 1 rings (SSSR count). The van der Waals surface area contributed by atoms with Crippen LogP contribution in [0.25, 0.3) is 0 Å². The lowest BCUT2D eigenvalue weighted by atomic mass is 10.0. The molecule has 0 amide bonds. The molecule has 0 saturated heterocycles. The normalized spacial score (nSPS) is 14.9. The lowest BCUT2D eigenvalue weighted by molar-refractivity contribution is 0.554. The van der Waals surface area contributed by atoms with Crippen LogP contribution in [0.4, 0.5) is 5.69 Å². The van der Waals surface area contributed by atoms with Gasteiger partial charge in [-0.15, -0.1) is 11.6 Å². The molecule has 1 atom stereocenters. The highest BCUT2D eigenvalue weighted by Crippen LogP contribution is 2.19. The number of nitrogens with zero attached hydrogens (tertiary/aromatic N) is 1. The van der Waals surface area contributed by atoms with E-state index in [0.29, 0.717) is 5.88 Å². The number of halogens is 1. The SMILES string of the molecule is CCC(C)(CCl)Nc1ccnc(C)c1. The average molecular weight is 213 g/mol. The van der Waals surface area contributed by atoms with Crippen LogP contribution >= 0.6 is 11.6 Å². The molecular weight excluding hydrogens is 196 g/mol. The van der Waals surface area contributed by atoms with Gasteiger partial charge in [0.1, 0.15) is 0 Å². The zero-order chi connectivity index (χ0) is 10.6. The minimum Gasteiger partial charge on any atom is -0.379 e. The quantitative estimate of drug-likeness (QED) is 0.776. The summed E-state index contributed by atoms with van der Waals surface area (Å²) in [7, 11) is 0. The van der Waals surface area contributed by atoms with E-state index in [1.807, 2.05) is 25.3 Å². The first kappa shape index (κ1) is 11.3. The Labute approximate surface area is 90.7 Å². The first-order valence-electron chi connectivity index (χ1n) is 4.86. The van der Waals surface area contributed by atoms with E-state index in [1.165, 1.54) is 0 Å². The van der Waals surface area contributed by atoms with E-state index < -0.39 is 0 Å². The van der Waals surface area contributed by atoms with Crippen molar-refractivity contribution in [3.05, 3.63) is 24.0 Å². The standard InChI is InChI=1S/C11H17ClN2/c1-4-11(3,8-12)14-10-5-6-13-9(2)7-10/h5-7H,4,8H2,1-3H3,(H,13,14). The van der Waals surface area contributed by atoms with Crippen molar-refractivity contribution in [1.29, 1.82) is 0 Å². The van der Waals surface area contributed by atoms with E-state index in [0.717, 1.165) is 17.8 Å². The van der Waals surface area contributed by atoms with Gasteiger partial charge >= 0.3 is 0 Å². The van der Waals surface area contributed by atoms with Gasteiger partial charge in [-0.1, -0.05) is 6.92 Å². The van der Waals surface area contributed by atoms with Crippen LogP contribution in [0.15, 0.2) is 18.3 Å². The lowest BCUT2D eigenvalue weighted by Crippen LogP contribution is -2.35. The molecule has 0 aliphatic heterocycles. The van der Waals surface area contributed by atoms with Gasteiger partial charge in [-0.25, -0.2) is 0 Å². The highest BCUT2D eigenvalue weighted by atomic mass is 35.5. The molecule has 0 bridgehead atoms. The number of pyridine rings is 1. The maximum atomic E-state index is 5.92. The molecule has 1 heterocycles. The average Bonchev–Trinajstić information content (AvgIpc) is 2.18. The number of aryl methyl sites for hydroxylation is 1. The third kappa shape index (κ3) is 2.88. The Hall–Kier alpha value is -0.760. The zero-order valence-electron chi connectivity index (χ0n) is 8.97. The third-order valence-corrected chi connectivity index (χ3v) is 3.01. The molecule has 1 unspecified atom stereocenters. The predicted octanol–water partition coefficient (Wildman–Crippen LogP) is 3.21. The number of rotatable bonds is 4. The number of hydrogen-bond acceptors (Lipinski definition) is 2. The summed E-state index contributed by atoms with van der Waals surface area (Å²) in [5, 5.41) is 3.42. The molecule has 0 aliphatic rings. The summed E-state index contributed by atoms with van der Waals surface area (Å²) in [4.78, 5) is 4.15. The molecule has 0 spiro atoms. The summed E-state index contributed by atoms with van der Waals surface area (Å²) in [5.41, 5.74) is 2.07. The van der Waals surface area contributed by atoms with E-state index in [4.69, 9.17) is 11.6 Å². The smallest absolute Gasteiger partial charge is 0.0478 e. The molecule has 0 aliphatic carbocycles. The van der Waals surface area contributed by atoms with Gasteiger partial charge in [0.25, 0.3) is 0 Å². The van der Waals surface area contributed by atoms with Crippen LogP contribution in [0.2, 0.25) is 0 Å². The third-order valence-electron chi connectivity index (χ3n) is 2.42. The van der Waals surface area contributed by atoms with Crippen LogP contribution in [0.1, 0.15) is 26.0 Å². The Morgan fingerprint density at radius 2 is 2.29 bits per heavy atom. The van der Waals surface area contributed by atoms with Crippen molar-refractivity contribution in [1.82, 2.24) is 4.98 Å². The Balaban J connectivity index is 2.77. The molecule has 0 saturated carbocycles. The maximum Gasteiger partial charge on any atom is 0.0478 e. The molecule has 2 nitrogen and oxygen atoms in total. The summed E-state index contributed by atoms with van der Waals surface area (Å²) in [6.45, 7) is 6.23. The second-order valence-electron chi connectivity index (χ2n) is 3.86. The van der Waals surface area contributed by atoms with Crippen LogP contribution in [-0.4, -0.2) is 16.4 Å². The Kier molecular flexibility index (Phi) is 3.76. The molecule has 1 N–H and O–H groups in total. The first-order valence-corrected chi connectivity index (χ1v) is 5.40. The van der Waals surface area contributed by atoms with Crippen molar-refractivity contribution in [2.75, 3.05) is 11.2 Å². The zero-order valence-corrected chi connectivity index (χ0v) is 9.73. The number of anilines is 1. The monoisotopic (exact) mass is 212 g/mol. The van der Waals surface area contributed by atoms with Crippen molar-refractivity contribution < 1.29 is 0 Å². The molecule has 1 aromatic rings. The minimum atomic E-state index is -0.0324. The summed E-state index contributed by atoms with van der Waals surface area (Å²) in [6.07, 6.45) is 2.81. The van der Waals surface area contributed by atoms with Crippen LogP contribution in [0.5, 0.6) is 0 Å². The molecule has 0 aromatic carbocycles. The Bertz CT molecular complexity index is 295. The second-order valence-corrected chi connectivity index (χ2v) is 4.13. The van der Waals surface area contributed by atoms with Crippen LogP contribution in [-0.2, 0) is 0 Å². The van der Waals surface area contributed by atoms with Crippen LogP contribution < -0.4 is 5.32 Å². The Morgan fingerprint density at radius 3 is 2.79 bits per heavy atom. The Morgan fingerprint density at radius 1 is 1.57 bits per heavy atom. The van der Waals surface area contributed by atoms with Gasteiger partial charge in [-0.2, -0.15) is 0 Å². The van der Waals surface area contributed by atoms with E-state index in [2.05, 4.69) is 24.1 Å². The van der Waals surface area contributed by atoms with Gasteiger partial charge in [0.15, 0.2) is 0 Å². The van der Waals surface area contributed by atoms with Gasteiger partial charge in [0.05, 0.1) is 0 Å². The highest BCUT2D eigenvalue weighted by molar-refractivity contribution is 6.18. The van der Waals surface area contributed by atoms with Crippen molar-refractivity contribution in [3.8, 4) is 0 Å². The van der Waals surface area contributed by atoms with Crippen molar-refractivity contribution >= 4 is 17.3 Å². The minimum absolute atomic E-state index is 0.0324. The molecule has 78 valence electrons. The number of hydrogen-bond donors (Lipinski definition) is 1. The fourth-order valence-corrected chi connectivity index (χ4v) is 1.44. The van der Waals surface area contributed by atoms with Gasteiger partial charge in [0, 0.05) is 29.0 Å². The van der Waals surface area contributed by atoms with Gasteiger partial charge < -0.3 is 5.32 Å².